The van der Waals surface area contributed by atoms with Crippen LogP contribution in [0.1, 0.15) is 40.0 Å². The first-order chi connectivity index (χ1) is 13.0. The van der Waals surface area contributed by atoms with Gasteiger partial charge in [0.1, 0.15) is 0 Å². The molecule has 1 aliphatic heterocycles. The summed E-state index contributed by atoms with van der Waals surface area (Å²) >= 11 is 0. The number of carbonyl (C=O) groups excluding carboxylic acids is 2. The van der Waals surface area contributed by atoms with Crippen molar-refractivity contribution in [3.63, 3.8) is 0 Å². The predicted octanol–water partition coefficient (Wildman–Crippen LogP) is 4.03. The van der Waals surface area contributed by atoms with Gasteiger partial charge in [0, 0.05) is 48.1 Å². The Labute approximate surface area is 157 Å². The van der Waals surface area contributed by atoms with Gasteiger partial charge in [-0.3, -0.25) is 19.7 Å². The first-order valence-electron chi connectivity index (χ1n) is 8.87. The van der Waals surface area contributed by atoms with E-state index in [0.717, 1.165) is 25.9 Å². The molecule has 138 valence electrons. The van der Waals surface area contributed by atoms with Gasteiger partial charge in [-0.15, -0.1) is 0 Å². The van der Waals surface area contributed by atoms with Crippen molar-refractivity contribution in [2.24, 2.45) is 0 Å². The minimum atomic E-state index is -0.498. The minimum Gasteiger partial charge on any atom is -0.374 e. The zero-order valence-electron chi connectivity index (χ0n) is 14.8. The van der Waals surface area contributed by atoms with Gasteiger partial charge in [0.2, 0.25) is 0 Å². The standard InChI is InChI=1S/C21H20N2O4/c24-20(16-6-2-1-3-7-16)14-19(22-12-4-5-13-22)15-21(25)17-8-10-18(11-9-17)23(26)27/h1-3,6-11,14H,4-5,12-13,15H2/b19-14+. The fourth-order valence-electron chi connectivity index (χ4n) is 3.13. The lowest BCUT2D eigenvalue weighted by Gasteiger charge is -2.21. The Hall–Kier alpha value is -3.28. The molecule has 1 aliphatic rings. The summed E-state index contributed by atoms with van der Waals surface area (Å²) in [7, 11) is 0. The van der Waals surface area contributed by atoms with Gasteiger partial charge >= 0.3 is 0 Å². The number of benzene rings is 2. The molecule has 2 aromatic carbocycles. The van der Waals surface area contributed by atoms with Crippen LogP contribution in [0.5, 0.6) is 0 Å². The van der Waals surface area contributed by atoms with Gasteiger partial charge in [-0.25, -0.2) is 0 Å². The summed E-state index contributed by atoms with van der Waals surface area (Å²) in [6, 6.07) is 14.5. The van der Waals surface area contributed by atoms with Crippen molar-refractivity contribution in [1.29, 1.82) is 0 Å². The summed E-state index contributed by atoms with van der Waals surface area (Å²) in [5, 5.41) is 10.8. The van der Waals surface area contributed by atoms with Crippen molar-refractivity contribution in [2.75, 3.05) is 13.1 Å². The average Bonchev–Trinajstić information content (AvgIpc) is 3.23. The third kappa shape index (κ3) is 4.67. The number of non-ortho nitro benzene ring substituents is 1. The van der Waals surface area contributed by atoms with Gasteiger partial charge in [0.05, 0.1) is 11.3 Å². The largest absolute Gasteiger partial charge is 0.374 e. The van der Waals surface area contributed by atoms with E-state index in [9.17, 15) is 19.7 Å². The van der Waals surface area contributed by atoms with Crippen LogP contribution < -0.4 is 0 Å². The lowest BCUT2D eigenvalue weighted by molar-refractivity contribution is -0.384. The number of hydrogen-bond donors (Lipinski definition) is 0. The van der Waals surface area contributed by atoms with Gasteiger partial charge in [0.15, 0.2) is 11.6 Å². The second-order valence-corrected chi connectivity index (χ2v) is 6.46. The van der Waals surface area contributed by atoms with Crippen LogP contribution in [-0.2, 0) is 0 Å². The molecule has 27 heavy (non-hydrogen) atoms. The van der Waals surface area contributed by atoms with Crippen molar-refractivity contribution < 1.29 is 14.5 Å². The molecule has 0 N–H and O–H groups in total. The molecule has 0 radical (unpaired) electrons. The van der Waals surface area contributed by atoms with Gasteiger partial charge < -0.3 is 4.90 Å². The van der Waals surface area contributed by atoms with Crippen molar-refractivity contribution in [3.05, 3.63) is 87.6 Å². The number of nitro benzene ring substituents is 1. The number of ketones is 2. The Bertz CT molecular complexity index is 867. The summed E-state index contributed by atoms with van der Waals surface area (Å²) in [5.41, 5.74) is 1.63. The molecule has 3 rings (SSSR count). The van der Waals surface area contributed by atoms with E-state index in [2.05, 4.69) is 4.90 Å². The molecule has 0 aromatic heterocycles. The van der Waals surface area contributed by atoms with E-state index in [1.807, 2.05) is 6.07 Å². The summed E-state index contributed by atoms with van der Waals surface area (Å²) in [4.78, 5) is 37.6. The molecule has 2 aromatic rings. The quantitative estimate of drug-likeness (QED) is 0.321. The zero-order valence-corrected chi connectivity index (χ0v) is 14.8. The maximum atomic E-state index is 12.7. The van der Waals surface area contributed by atoms with Crippen LogP contribution in [0.25, 0.3) is 0 Å². The van der Waals surface area contributed by atoms with E-state index in [4.69, 9.17) is 0 Å². The van der Waals surface area contributed by atoms with Gasteiger partial charge in [-0.05, 0) is 25.0 Å². The smallest absolute Gasteiger partial charge is 0.269 e. The number of rotatable bonds is 7. The Morgan fingerprint density at radius 2 is 1.59 bits per heavy atom. The second kappa shape index (κ2) is 8.40. The summed E-state index contributed by atoms with van der Waals surface area (Å²) < 4.78 is 0. The number of likely N-dealkylation sites (tertiary alicyclic amines) is 1. The zero-order chi connectivity index (χ0) is 19.2. The number of nitro groups is 1. The van der Waals surface area contributed by atoms with Gasteiger partial charge in [0.25, 0.3) is 5.69 Å². The van der Waals surface area contributed by atoms with Crippen molar-refractivity contribution in [2.45, 2.75) is 19.3 Å². The van der Waals surface area contributed by atoms with Crippen molar-refractivity contribution in [3.8, 4) is 0 Å². The first kappa shape index (κ1) is 18.5. The van der Waals surface area contributed by atoms with E-state index in [-0.39, 0.29) is 23.7 Å². The lowest BCUT2D eigenvalue weighted by Crippen LogP contribution is -2.22. The highest BCUT2D eigenvalue weighted by Gasteiger charge is 2.20. The Kier molecular flexibility index (Phi) is 5.76. The molecule has 0 atom stereocenters. The predicted molar refractivity (Wildman–Crippen MR) is 102 cm³/mol. The SMILES string of the molecule is O=C(/C=C(\CC(=O)c1ccc([N+](=O)[O-])cc1)N1CCCC1)c1ccccc1. The number of hydrogen-bond acceptors (Lipinski definition) is 5. The van der Waals surface area contributed by atoms with Crippen LogP contribution >= 0.6 is 0 Å². The van der Waals surface area contributed by atoms with Gasteiger partial charge in [-0.2, -0.15) is 0 Å². The molecule has 0 unspecified atom stereocenters. The van der Waals surface area contributed by atoms with Crippen molar-refractivity contribution >= 4 is 17.3 Å². The molecular formula is C21H20N2O4. The van der Waals surface area contributed by atoms with E-state index in [0.29, 0.717) is 16.8 Å². The summed E-state index contributed by atoms with van der Waals surface area (Å²) in [6.45, 7) is 1.64. The Balaban J connectivity index is 1.81. The van der Waals surface area contributed by atoms with E-state index >= 15 is 0 Å². The molecule has 0 amide bonds. The molecule has 1 heterocycles. The fraction of sp³-hybridized carbons (Fsp3) is 0.238. The van der Waals surface area contributed by atoms with E-state index in [1.54, 1.807) is 30.3 Å². The van der Waals surface area contributed by atoms with Gasteiger partial charge in [-0.1, -0.05) is 30.3 Å². The van der Waals surface area contributed by atoms with E-state index in [1.165, 1.54) is 24.3 Å². The van der Waals surface area contributed by atoms with Crippen molar-refractivity contribution in [1.82, 2.24) is 4.90 Å². The normalized spacial score (nSPS) is 14.2. The van der Waals surface area contributed by atoms with Crippen LogP contribution in [0.15, 0.2) is 66.4 Å². The van der Waals surface area contributed by atoms with Crippen LogP contribution in [-0.4, -0.2) is 34.5 Å². The number of nitrogens with zero attached hydrogens (tertiary/aromatic N) is 2. The highest BCUT2D eigenvalue weighted by molar-refractivity contribution is 6.06. The topological polar surface area (TPSA) is 80.5 Å². The maximum absolute atomic E-state index is 12.7. The third-order valence-electron chi connectivity index (χ3n) is 4.61. The molecule has 6 heteroatoms. The molecular weight excluding hydrogens is 344 g/mol. The summed E-state index contributed by atoms with van der Waals surface area (Å²) in [6.07, 6.45) is 3.70. The fourth-order valence-corrected chi connectivity index (χ4v) is 3.13. The number of carbonyl (C=O) groups is 2. The Morgan fingerprint density at radius 1 is 0.963 bits per heavy atom. The molecule has 6 nitrogen and oxygen atoms in total. The minimum absolute atomic E-state index is 0.0545. The monoisotopic (exact) mass is 364 g/mol. The lowest BCUT2D eigenvalue weighted by atomic mass is 10.0. The number of allylic oxidation sites excluding steroid dienone is 2. The van der Waals surface area contributed by atoms with E-state index < -0.39 is 4.92 Å². The first-order valence-corrected chi connectivity index (χ1v) is 8.87. The molecule has 1 fully saturated rings. The molecule has 0 aliphatic carbocycles. The molecule has 0 spiro atoms. The third-order valence-corrected chi connectivity index (χ3v) is 4.61. The maximum Gasteiger partial charge on any atom is 0.269 e. The highest BCUT2D eigenvalue weighted by atomic mass is 16.6. The van der Waals surface area contributed by atoms with Crippen LogP contribution in [0.2, 0.25) is 0 Å². The number of Topliss-reactive ketones (excluding diaryl/α,β-unsaturated/α-hetero) is 1. The molecule has 0 saturated carbocycles. The molecule has 0 bridgehead atoms. The second-order valence-electron chi connectivity index (χ2n) is 6.46. The van der Waals surface area contributed by atoms with Crippen LogP contribution in [0.3, 0.4) is 0 Å². The van der Waals surface area contributed by atoms with Crippen LogP contribution in [0, 0.1) is 10.1 Å². The highest BCUT2D eigenvalue weighted by Crippen LogP contribution is 2.21. The average molecular weight is 364 g/mol. The summed E-state index contributed by atoms with van der Waals surface area (Å²) in [5.74, 6) is -0.294. The Morgan fingerprint density at radius 3 is 2.19 bits per heavy atom. The van der Waals surface area contributed by atoms with Crippen LogP contribution in [0.4, 0.5) is 5.69 Å². The molecule has 1 saturated heterocycles.